The average Bonchev–Trinajstić information content (AvgIpc) is 2.88. The minimum atomic E-state index is -0.194. The molecule has 0 bridgehead atoms. The number of aromatic nitrogens is 2. The van der Waals surface area contributed by atoms with Gasteiger partial charge in [0.05, 0.1) is 17.8 Å². The van der Waals surface area contributed by atoms with Crippen LogP contribution in [0.4, 0.5) is 0 Å². The number of nitrogens with one attached hydrogen (secondary N) is 1. The molecular formula is C17H16ClN3O2. The number of imidazole rings is 1. The van der Waals surface area contributed by atoms with Gasteiger partial charge in [0.25, 0.3) is 5.91 Å². The van der Waals surface area contributed by atoms with Crippen molar-refractivity contribution in [3.8, 4) is 5.75 Å². The number of methoxy groups -OCH3 is 1. The van der Waals surface area contributed by atoms with E-state index in [2.05, 4.69) is 10.3 Å². The van der Waals surface area contributed by atoms with Crippen molar-refractivity contribution in [3.63, 3.8) is 0 Å². The van der Waals surface area contributed by atoms with Crippen molar-refractivity contribution in [2.75, 3.05) is 7.11 Å². The smallest absolute Gasteiger partial charge is 0.270 e. The molecule has 3 aromatic rings. The number of benzene rings is 1. The highest BCUT2D eigenvalue weighted by molar-refractivity contribution is 6.30. The van der Waals surface area contributed by atoms with Gasteiger partial charge in [-0.1, -0.05) is 23.7 Å². The normalized spacial score (nSPS) is 10.7. The van der Waals surface area contributed by atoms with Crippen LogP contribution in [0, 0.1) is 6.92 Å². The summed E-state index contributed by atoms with van der Waals surface area (Å²) in [4.78, 5) is 16.9. The Morgan fingerprint density at radius 3 is 2.96 bits per heavy atom. The summed E-state index contributed by atoms with van der Waals surface area (Å²) in [5.41, 5.74) is 2.81. The third-order valence-corrected chi connectivity index (χ3v) is 3.78. The fourth-order valence-electron chi connectivity index (χ4n) is 2.46. The molecule has 5 nitrogen and oxygen atoms in total. The number of carbonyl (C=O) groups excluding carboxylic acids is 1. The molecule has 3 rings (SSSR count). The number of aryl methyl sites for hydroxylation is 1. The lowest BCUT2D eigenvalue weighted by Crippen LogP contribution is -2.25. The monoisotopic (exact) mass is 329 g/mol. The highest BCUT2D eigenvalue weighted by Crippen LogP contribution is 2.17. The number of amides is 1. The third-order valence-electron chi connectivity index (χ3n) is 3.56. The second kappa shape index (κ2) is 6.30. The van der Waals surface area contributed by atoms with Crippen LogP contribution >= 0.6 is 11.6 Å². The Morgan fingerprint density at radius 2 is 2.17 bits per heavy atom. The number of halogens is 1. The zero-order valence-electron chi connectivity index (χ0n) is 12.8. The van der Waals surface area contributed by atoms with E-state index in [9.17, 15) is 4.79 Å². The van der Waals surface area contributed by atoms with E-state index in [1.807, 2.05) is 24.3 Å². The van der Waals surface area contributed by atoms with Crippen LogP contribution in [-0.4, -0.2) is 22.4 Å². The molecule has 2 heterocycles. The zero-order chi connectivity index (χ0) is 16.4. The van der Waals surface area contributed by atoms with Crippen LogP contribution in [0.1, 0.15) is 21.7 Å². The van der Waals surface area contributed by atoms with Gasteiger partial charge in [-0.2, -0.15) is 0 Å². The highest BCUT2D eigenvalue weighted by Gasteiger charge is 2.16. The molecule has 1 aromatic carbocycles. The Hall–Kier alpha value is -2.53. The lowest BCUT2D eigenvalue weighted by atomic mass is 10.2. The Labute approximate surface area is 138 Å². The van der Waals surface area contributed by atoms with Crippen molar-refractivity contribution in [3.05, 3.63) is 64.6 Å². The summed E-state index contributed by atoms with van der Waals surface area (Å²) >= 11 is 6.02. The van der Waals surface area contributed by atoms with Crippen LogP contribution in [0.15, 0.2) is 42.6 Å². The van der Waals surface area contributed by atoms with Crippen LogP contribution in [-0.2, 0) is 6.54 Å². The molecule has 0 fully saturated rings. The minimum Gasteiger partial charge on any atom is -0.497 e. The largest absolute Gasteiger partial charge is 0.497 e. The van der Waals surface area contributed by atoms with Gasteiger partial charge in [-0.3, -0.25) is 9.20 Å². The summed E-state index contributed by atoms with van der Waals surface area (Å²) in [7, 11) is 1.61. The molecule has 0 atom stereocenters. The van der Waals surface area contributed by atoms with Gasteiger partial charge in [0.1, 0.15) is 17.1 Å². The quantitative estimate of drug-likeness (QED) is 0.799. The maximum Gasteiger partial charge on any atom is 0.270 e. The highest BCUT2D eigenvalue weighted by atomic mass is 35.5. The topological polar surface area (TPSA) is 55.6 Å². The standard InChI is InChI=1S/C17H16ClN3O2/c1-11-16(21-10-13(18)6-7-15(21)20-11)17(22)19-9-12-4-3-5-14(8-12)23-2/h3-8,10H,9H2,1-2H3,(H,19,22). The number of nitrogens with zero attached hydrogens (tertiary/aromatic N) is 2. The molecule has 0 aliphatic carbocycles. The van der Waals surface area contributed by atoms with E-state index in [0.717, 1.165) is 11.3 Å². The summed E-state index contributed by atoms with van der Waals surface area (Å²) in [6.45, 7) is 2.21. The summed E-state index contributed by atoms with van der Waals surface area (Å²) in [6.07, 6.45) is 1.69. The zero-order valence-corrected chi connectivity index (χ0v) is 13.6. The Kier molecular flexibility index (Phi) is 4.21. The van der Waals surface area contributed by atoms with Crippen LogP contribution in [0.3, 0.4) is 0 Å². The summed E-state index contributed by atoms with van der Waals surface area (Å²) in [5, 5.41) is 3.46. The molecule has 23 heavy (non-hydrogen) atoms. The summed E-state index contributed by atoms with van der Waals surface area (Å²) < 4.78 is 6.89. The maximum atomic E-state index is 12.5. The SMILES string of the molecule is COc1cccc(CNC(=O)c2c(C)nc3ccc(Cl)cn23)c1. The van der Waals surface area contributed by atoms with E-state index in [-0.39, 0.29) is 5.91 Å². The molecule has 0 radical (unpaired) electrons. The van der Waals surface area contributed by atoms with Crippen molar-refractivity contribution in [2.45, 2.75) is 13.5 Å². The van der Waals surface area contributed by atoms with Crippen LogP contribution in [0.2, 0.25) is 5.02 Å². The molecule has 0 aliphatic rings. The van der Waals surface area contributed by atoms with E-state index < -0.39 is 0 Å². The first kappa shape index (κ1) is 15.4. The van der Waals surface area contributed by atoms with E-state index >= 15 is 0 Å². The molecule has 0 saturated carbocycles. The maximum absolute atomic E-state index is 12.5. The minimum absolute atomic E-state index is 0.194. The Bertz CT molecular complexity index is 873. The molecule has 118 valence electrons. The molecular weight excluding hydrogens is 314 g/mol. The van der Waals surface area contributed by atoms with Crippen LogP contribution in [0.25, 0.3) is 5.65 Å². The lowest BCUT2D eigenvalue weighted by Gasteiger charge is -2.08. The summed E-state index contributed by atoms with van der Waals surface area (Å²) in [6, 6.07) is 11.1. The Balaban J connectivity index is 1.83. The number of rotatable bonds is 4. The molecule has 0 aliphatic heterocycles. The van der Waals surface area contributed by atoms with E-state index in [1.54, 1.807) is 36.8 Å². The fraction of sp³-hybridized carbons (Fsp3) is 0.176. The van der Waals surface area contributed by atoms with Crippen molar-refractivity contribution in [1.29, 1.82) is 0 Å². The van der Waals surface area contributed by atoms with Gasteiger partial charge in [-0.05, 0) is 36.8 Å². The molecule has 2 aromatic heterocycles. The van der Waals surface area contributed by atoms with Gasteiger partial charge in [-0.25, -0.2) is 4.98 Å². The number of ether oxygens (including phenoxy) is 1. The number of carbonyl (C=O) groups is 1. The van der Waals surface area contributed by atoms with Gasteiger partial charge < -0.3 is 10.1 Å². The second-order valence-electron chi connectivity index (χ2n) is 5.16. The van der Waals surface area contributed by atoms with Gasteiger partial charge >= 0.3 is 0 Å². The van der Waals surface area contributed by atoms with Crippen molar-refractivity contribution < 1.29 is 9.53 Å². The van der Waals surface area contributed by atoms with Gasteiger partial charge in [-0.15, -0.1) is 0 Å². The predicted molar refractivity (Wildman–Crippen MR) is 89.1 cm³/mol. The number of hydrogen-bond donors (Lipinski definition) is 1. The predicted octanol–water partition coefficient (Wildman–Crippen LogP) is 3.23. The van der Waals surface area contributed by atoms with E-state index in [0.29, 0.717) is 28.6 Å². The first-order valence-corrected chi connectivity index (χ1v) is 7.51. The second-order valence-corrected chi connectivity index (χ2v) is 5.59. The Morgan fingerprint density at radius 1 is 1.35 bits per heavy atom. The van der Waals surface area contributed by atoms with E-state index in [1.165, 1.54) is 0 Å². The number of hydrogen-bond acceptors (Lipinski definition) is 3. The first-order valence-electron chi connectivity index (χ1n) is 7.14. The van der Waals surface area contributed by atoms with Gasteiger partial charge in [0.2, 0.25) is 0 Å². The molecule has 1 amide bonds. The average molecular weight is 330 g/mol. The van der Waals surface area contributed by atoms with Gasteiger partial charge in [0.15, 0.2) is 0 Å². The number of fused-ring (bicyclic) bond motifs is 1. The van der Waals surface area contributed by atoms with E-state index in [4.69, 9.17) is 16.3 Å². The molecule has 0 spiro atoms. The molecule has 6 heteroatoms. The number of pyridine rings is 1. The third kappa shape index (κ3) is 3.14. The van der Waals surface area contributed by atoms with Crippen molar-refractivity contribution in [2.24, 2.45) is 0 Å². The summed E-state index contributed by atoms with van der Waals surface area (Å²) in [5.74, 6) is 0.564. The van der Waals surface area contributed by atoms with Crippen LogP contribution in [0.5, 0.6) is 5.75 Å². The fourth-order valence-corrected chi connectivity index (χ4v) is 2.62. The van der Waals surface area contributed by atoms with Crippen molar-refractivity contribution in [1.82, 2.24) is 14.7 Å². The van der Waals surface area contributed by atoms with Crippen LogP contribution < -0.4 is 10.1 Å². The first-order chi connectivity index (χ1) is 11.1. The van der Waals surface area contributed by atoms with Crippen molar-refractivity contribution >= 4 is 23.2 Å². The van der Waals surface area contributed by atoms with Gasteiger partial charge in [0, 0.05) is 12.7 Å². The molecule has 0 saturated heterocycles. The lowest BCUT2D eigenvalue weighted by molar-refractivity contribution is 0.0944. The molecule has 1 N–H and O–H groups in total. The molecule has 0 unspecified atom stereocenters.